The van der Waals surface area contributed by atoms with Crippen LogP contribution >= 0.6 is 11.3 Å². The second-order valence-corrected chi connectivity index (χ2v) is 6.91. The van der Waals surface area contributed by atoms with Crippen molar-refractivity contribution in [3.05, 3.63) is 21.9 Å². The van der Waals surface area contributed by atoms with Gasteiger partial charge in [0.2, 0.25) is 5.91 Å². The number of nitrogens with zero attached hydrogens (tertiary/aromatic N) is 1. The highest BCUT2D eigenvalue weighted by molar-refractivity contribution is 7.10. The van der Waals surface area contributed by atoms with E-state index in [9.17, 15) is 9.59 Å². The van der Waals surface area contributed by atoms with Gasteiger partial charge in [-0.25, -0.2) is 4.79 Å². The summed E-state index contributed by atoms with van der Waals surface area (Å²) in [5.41, 5.74) is 1.43. The summed E-state index contributed by atoms with van der Waals surface area (Å²) in [6, 6.07) is 2.37. The number of fused-ring (bicyclic) bond motifs is 1. The predicted octanol–water partition coefficient (Wildman–Crippen LogP) is 1.32. The van der Waals surface area contributed by atoms with Gasteiger partial charge in [0.1, 0.15) is 0 Å². The molecule has 7 heteroatoms. The Morgan fingerprint density at radius 3 is 2.87 bits per heavy atom. The molecule has 1 aliphatic rings. The van der Waals surface area contributed by atoms with Crippen LogP contribution in [0.25, 0.3) is 0 Å². The van der Waals surface area contributed by atoms with Crippen LogP contribution in [0, 0.1) is 0 Å². The highest BCUT2D eigenvalue weighted by Gasteiger charge is 2.21. The molecule has 0 aliphatic carbocycles. The SMILES string of the molecule is CC(=O)NCCCNC(=O)NCC(C)N1CCc2sccc2C1. The lowest BCUT2D eigenvalue weighted by Gasteiger charge is -2.32. The van der Waals surface area contributed by atoms with Crippen molar-refractivity contribution in [2.75, 3.05) is 26.2 Å². The van der Waals surface area contributed by atoms with E-state index in [-0.39, 0.29) is 11.9 Å². The molecule has 1 aliphatic heterocycles. The van der Waals surface area contributed by atoms with Gasteiger partial charge >= 0.3 is 6.03 Å². The fourth-order valence-electron chi connectivity index (χ4n) is 2.63. The smallest absolute Gasteiger partial charge is 0.314 e. The van der Waals surface area contributed by atoms with Crippen LogP contribution in [-0.2, 0) is 17.8 Å². The van der Waals surface area contributed by atoms with Crippen LogP contribution in [0.15, 0.2) is 11.4 Å². The Kier molecular flexibility index (Phi) is 6.85. The first kappa shape index (κ1) is 17.7. The van der Waals surface area contributed by atoms with Crippen LogP contribution in [0.5, 0.6) is 0 Å². The Labute approximate surface area is 141 Å². The number of nitrogens with one attached hydrogen (secondary N) is 3. The van der Waals surface area contributed by atoms with Crippen LogP contribution in [0.2, 0.25) is 0 Å². The van der Waals surface area contributed by atoms with E-state index >= 15 is 0 Å². The largest absolute Gasteiger partial charge is 0.356 e. The summed E-state index contributed by atoms with van der Waals surface area (Å²) < 4.78 is 0. The number of urea groups is 1. The summed E-state index contributed by atoms with van der Waals surface area (Å²) in [5.74, 6) is -0.0430. The third kappa shape index (κ3) is 5.84. The fraction of sp³-hybridized carbons (Fsp3) is 0.625. The minimum Gasteiger partial charge on any atom is -0.356 e. The quantitative estimate of drug-likeness (QED) is 0.657. The molecule has 6 nitrogen and oxygen atoms in total. The highest BCUT2D eigenvalue weighted by Crippen LogP contribution is 2.24. The zero-order chi connectivity index (χ0) is 16.7. The number of thiophene rings is 1. The van der Waals surface area contributed by atoms with Gasteiger partial charge in [-0.3, -0.25) is 9.69 Å². The molecule has 0 saturated carbocycles. The van der Waals surface area contributed by atoms with E-state index < -0.39 is 0 Å². The van der Waals surface area contributed by atoms with Gasteiger partial charge in [0, 0.05) is 50.6 Å². The lowest BCUT2D eigenvalue weighted by molar-refractivity contribution is -0.118. The first-order valence-corrected chi connectivity index (χ1v) is 8.99. The van der Waals surface area contributed by atoms with Crippen molar-refractivity contribution < 1.29 is 9.59 Å². The van der Waals surface area contributed by atoms with Crippen LogP contribution < -0.4 is 16.0 Å². The van der Waals surface area contributed by atoms with E-state index in [0.29, 0.717) is 25.7 Å². The second kappa shape index (κ2) is 8.88. The van der Waals surface area contributed by atoms with Gasteiger partial charge in [0.25, 0.3) is 0 Å². The van der Waals surface area contributed by atoms with Crippen LogP contribution in [-0.4, -0.2) is 49.1 Å². The van der Waals surface area contributed by atoms with Crippen LogP contribution in [0.4, 0.5) is 4.79 Å². The molecular weight excluding hydrogens is 312 g/mol. The van der Waals surface area contributed by atoms with Crippen molar-refractivity contribution >= 4 is 23.3 Å². The molecule has 1 aromatic heterocycles. The summed E-state index contributed by atoms with van der Waals surface area (Å²) in [4.78, 5) is 26.4. The van der Waals surface area contributed by atoms with E-state index in [2.05, 4.69) is 39.2 Å². The maximum atomic E-state index is 11.8. The summed E-state index contributed by atoms with van der Waals surface area (Å²) in [5, 5.41) is 10.6. The molecule has 128 valence electrons. The number of rotatable bonds is 7. The van der Waals surface area contributed by atoms with Crippen molar-refractivity contribution in [2.24, 2.45) is 0 Å². The standard InChI is InChI=1S/C16H26N4O2S/c1-12(20-8-4-15-14(11-20)5-9-23-15)10-19-16(22)18-7-3-6-17-13(2)21/h5,9,12H,3-4,6-8,10-11H2,1-2H3,(H,17,21)(H2,18,19,22). The van der Waals surface area contributed by atoms with Gasteiger partial charge in [-0.15, -0.1) is 11.3 Å². The van der Waals surface area contributed by atoms with Crippen molar-refractivity contribution in [1.82, 2.24) is 20.9 Å². The van der Waals surface area contributed by atoms with Crippen molar-refractivity contribution in [1.29, 1.82) is 0 Å². The fourth-order valence-corrected chi connectivity index (χ4v) is 3.52. The first-order chi connectivity index (χ1) is 11.1. The molecule has 0 spiro atoms. The molecule has 23 heavy (non-hydrogen) atoms. The van der Waals surface area contributed by atoms with Gasteiger partial charge < -0.3 is 16.0 Å². The summed E-state index contributed by atoms with van der Waals surface area (Å²) in [7, 11) is 0. The van der Waals surface area contributed by atoms with Gasteiger partial charge in [-0.1, -0.05) is 0 Å². The normalized spacial score (nSPS) is 15.6. The van der Waals surface area contributed by atoms with E-state index in [1.165, 1.54) is 17.4 Å². The second-order valence-electron chi connectivity index (χ2n) is 5.91. The van der Waals surface area contributed by atoms with Gasteiger partial charge in [-0.2, -0.15) is 0 Å². The van der Waals surface area contributed by atoms with Crippen LogP contribution in [0.3, 0.4) is 0 Å². The number of carbonyl (C=O) groups is 2. The third-order valence-electron chi connectivity index (χ3n) is 4.03. The third-order valence-corrected chi connectivity index (χ3v) is 5.05. The Morgan fingerprint density at radius 1 is 1.30 bits per heavy atom. The Balaban J connectivity index is 1.60. The van der Waals surface area contributed by atoms with Gasteiger partial charge in [-0.05, 0) is 36.8 Å². The Bertz CT molecular complexity index is 532. The zero-order valence-electron chi connectivity index (χ0n) is 13.9. The number of amides is 3. The maximum Gasteiger partial charge on any atom is 0.314 e. The Morgan fingerprint density at radius 2 is 2.09 bits per heavy atom. The molecule has 0 bridgehead atoms. The molecule has 1 aromatic rings. The number of carbonyl (C=O) groups excluding carboxylic acids is 2. The summed E-state index contributed by atoms with van der Waals surface area (Å²) in [6.07, 6.45) is 1.84. The van der Waals surface area contributed by atoms with E-state index in [4.69, 9.17) is 0 Å². The zero-order valence-corrected chi connectivity index (χ0v) is 14.7. The van der Waals surface area contributed by atoms with Crippen LogP contribution in [0.1, 0.15) is 30.7 Å². The molecule has 0 saturated heterocycles. The van der Waals surface area contributed by atoms with Crippen molar-refractivity contribution in [2.45, 2.75) is 39.3 Å². The average Bonchev–Trinajstić information content (AvgIpc) is 2.99. The van der Waals surface area contributed by atoms with Gasteiger partial charge in [0.15, 0.2) is 0 Å². The average molecular weight is 338 g/mol. The Hall–Kier alpha value is -1.60. The minimum atomic E-state index is -0.145. The molecule has 1 atom stereocenters. The molecule has 2 heterocycles. The van der Waals surface area contributed by atoms with E-state index in [1.54, 1.807) is 0 Å². The molecule has 2 rings (SSSR count). The maximum absolute atomic E-state index is 11.8. The van der Waals surface area contributed by atoms with Gasteiger partial charge in [0.05, 0.1) is 0 Å². The summed E-state index contributed by atoms with van der Waals surface area (Å²) >= 11 is 1.84. The topological polar surface area (TPSA) is 73.5 Å². The molecule has 0 fully saturated rings. The van der Waals surface area contributed by atoms with Crippen molar-refractivity contribution in [3.63, 3.8) is 0 Å². The first-order valence-electron chi connectivity index (χ1n) is 8.11. The molecule has 3 amide bonds. The molecule has 0 aromatic carbocycles. The van der Waals surface area contributed by atoms with E-state index in [1.807, 2.05) is 11.3 Å². The molecular formula is C16H26N4O2S. The lowest BCUT2D eigenvalue weighted by atomic mass is 10.1. The van der Waals surface area contributed by atoms with Crippen molar-refractivity contribution in [3.8, 4) is 0 Å². The van der Waals surface area contributed by atoms with E-state index in [0.717, 1.165) is 25.9 Å². The number of hydrogen-bond acceptors (Lipinski definition) is 4. The molecule has 1 unspecified atom stereocenters. The number of hydrogen-bond donors (Lipinski definition) is 3. The molecule has 3 N–H and O–H groups in total. The predicted molar refractivity (Wildman–Crippen MR) is 92.6 cm³/mol. The monoisotopic (exact) mass is 338 g/mol. The summed E-state index contributed by atoms with van der Waals surface area (Å²) in [6.45, 7) is 7.44. The molecule has 0 radical (unpaired) electrons. The minimum absolute atomic E-state index is 0.0430. The lowest BCUT2D eigenvalue weighted by Crippen LogP contribution is -2.46. The highest BCUT2D eigenvalue weighted by atomic mass is 32.1.